The first-order valence-electron chi connectivity index (χ1n) is 8.34. The fourth-order valence-corrected chi connectivity index (χ4v) is 5.30. The van der Waals surface area contributed by atoms with E-state index in [0.29, 0.717) is 24.0 Å². The average molecular weight is 396 g/mol. The SMILES string of the molecule is Cc1cccc(NC(=O)CSc2nnc(C[C@H]3CCS(=O)(=O)C3)o2)c1C. The molecule has 9 heteroatoms. The van der Waals surface area contributed by atoms with Crippen LogP contribution in [-0.4, -0.2) is 41.8 Å². The maximum absolute atomic E-state index is 12.1. The number of hydrogen-bond acceptors (Lipinski definition) is 7. The van der Waals surface area contributed by atoms with Gasteiger partial charge in [0, 0.05) is 12.1 Å². The molecule has 1 aromatic heterocycles. The lowest BCUT2D eigenvalue weighted by Crippen LogP contribution is -2.15. The van der Waals surface area contributed by atoms with Crippen molar-refractivity contribution in [2.24, 2.45) is 5.92 Å². The number of nitrogens with one attached hydrogen (secondary N) is 1. The van der Waals surface area contributed by atoms with Crippen molar-refractivity contribution >= 4 is 33.2 Å². The van der Waals surface area contributed by atoms with Crippen molar-refractivity contribution in [3.05, 3.63) is 35.2 Å². The zero-order valence-corrected chi connectivity index (χ0v) is 16.3. The molecule has 0 unspecified atom stereocenters. The van der Waals surface area contributed by atoms with Crippen LogP contribution in [-0.2, 0) is 21.1 Å². The van der Waals surface area contributed by atoms with E-state index in [4.69, 9.17) is 4.42 Å². The van der Waals surface area contributed by atoms with Gasteiger partial charge in [0.25, 0.3) is 5.22 Å². The van der Waals surface area contributed by atoms with Crippen molar-refractivity contribution < 1.29 is 17.6 Å². The molecule has 2 aromatic rings. The summed E-state index contributed by atoms with van der Waals surface area (Å²) in [5.74, 6) is 0.871. The Labute approximate surface area is 156 Å². The molecule has 3 rings (SSSR count). The zero-order valence-electron chi connectivity index (χ0n) is 14.7. The van der Waals surface area contributed by atoms with Crippen LogP contribution in [0, 0.1) is 19.8 Å². The molecular formula is C17H21N3O4S2. The topological polar surface area (TPSA) is 102 Å². The molecule has 0 saturated carbocycles. The molecule has 7 nitrogen and oxygen atoms in total. The molecule has 140 valence electrons. The van der Waals surface area contributed by atoms with Gasteiger partial charge < -0.3 is 9.73 Å². The predicted molar refractivity (Wildman–Crippen MR) is 100 cm³/mol. The summed E-state index contributed by atoms with van der Waals surface area (Å²) in [6.45, 7) is 3.96. The van der Waals surface area contributed by atoms with E-state index >= 15 is 0 Å². The molecule has 1 saturated heterocycles. The van der Waals surface area contributed by atoms with Crippen LogP contribution in [0.25, 0.3) is 0 Å². The third-order valence-corrected chi connectivity index (χ3v) is 7.10. The lowest BCUT2D eigenvalue weighted by atomic mass is 10.1. The Hall–Kier alpha value is -1.87. The van der Waals surface area contributed by atoms with Gasteiger partial charge in [0.2, 0.25) is 11.8 Å². The van der Waals surface area contributed by atoms with Crippen molar-refractivity contribution in [3.8, 4) is 0 Å². The van der Waals surface area contributed by atoms with Crippen LogP contribution in [0.1, 0.15) is 23.4 Å². The van der Waals surface area contributed by atoms with Gasteiger partial charge in [-0.1, -0.05) is 23.9 Å². The van der Waals surface area contributed by atoms with E-state index in [9.17, 15) is 13.2 Å². The monoisotopic (exact) mass is 395 g/mol. The van der Waals surface area contributed by atoms with Crippen LogP contribution < -0.4 is 5.32 Å². The van der Waals surface area contributed by atoms with E-state index in [1.807, 2.05) is 32.0 Å². The molecular weight excluding hydrogens is 374 g/mol. The summed E-state index contributed by atoms with van der Waals surface area (Å²) in [6.07, 6.45) is 1.09. The van der Waals surface area contributed by atoms with Gasteiger partial charge >= 0.3 is 0 Å². The molecule has 0 radical (unpaired) electrons. The first-order valence-corrected chi connectivity index (χ1v) is 11.1. The van der Waals surface area contributed by atoms with E-state index < -0.39 is 9.84 Å². The molecule has 0 aliphatic carbocycles. The smallest absolute Gasteiger partial charge is 0.277 e. The van der Waals surface area contributed by atoms with Gasteiger partial charge in [-0.05, 0) is 43.4 Å². The Morgan fingerprint density at radius 1 is 1.35 bits per heavy atom. The third-order valence-electron chi connectivity index (χ3n) is 4.44. The fourth-order valence-electron chi connectivity index (χ4n) is 2.86. The van der Waals surface area contributed by atoms with Gasteiger partial charge in [0.05, 0.1) is 17.3 Å². The number of amides is 1. The van der Waals surface area contributed by atoms with Gasteiger partial charge in [0.15, 0.2) is 9.84 Å². The number of nitrogens with zero attached hydrogens (tertiary/aromatic N) is 2. The summed E-state index contributed by atoms with van der Waals surface area (Å²) in [5.41, 5.74) is 2.95. The molecule has 1 aromatic carbocycles. The highest BCUT2D eigenvalue weighted by Crippen LogP contribution is 2.24. The van der Waals surface area contributed by atoms with Gasteiger partial charge in [0.1, 0.15) is 0 Å². The zero-order chi connectivity index (χ0) is 18.7. The second kappa shape index (κ2) is 7.79. The molecule has 0 spiro atoms. The largest absolute Gasteiger partial charge is 0.416 e. The molecule has 1 aliphatic heterocycles. The highest BCUT2D eigenvalue weighted by Gasteiger charge is 2.29. The Balaban J connectivity index is 1.50. The number of aryl methyl sites for hydroxylation is 1. The summed E-state index contributed by atoms with van der Waals surface area (Å²) in [6, 6.07) is 5.76. The molecule has 2 heterocycles. The second-order valence-electron chi connectivity index (χ2n) is 6.52. The van der Waals surface area contributed by atoms with Crippen molar-refractivity contribution in [3.63, 3.8) is 0 Å². The first-order chi connectivity index (χ1) is 12.3. The molecule has 1 fully saturated rings. The lowest BCUT2D eigenvalue weighted by Gasteiger charge is -2.09. The number of benzene rings is 1. The Bertz CT molecular complexity index is 908. The normalized spacial score (nSPS) is 18.8. The van der Waals surface area contributed by atoms with Crippen molar-refractivity contribution in [1.29, 1.82) is 0 Å². The van der Waals surface area contributed by atoms with Gasteiger partial charge in [-0.25, -0.2) is 8.42 Å². The summed E-state index contributed by atoms with van der Waals surface area (Å²) in [4.78, 5) is 12.1. The predicted octanol–water partition coefficient (Wildman–Crippen LogP) is 2.39. The molecule has 1 atom stereocenters. The van der Waals surface area contributed by atoms with Crippen LogP contribution in [0.3, 0.4) is 0 Å². The summed E-state index contributed by atoms with van der Waals surface area (Å²) in [7, 11) is -2.91. The number of anilines is 1. The maximum atomic E-state index is 12.1. The van der Waals surface area contributed by atoms with E-state index in [2.05, 4.69) is 15.5 Å². The average Bonchev–Trinajstić information content (AvgIpc) is 3.16. The van der Waals surface area contributed by atoms with Crippen molar-refractivity contribution in [2.75, 3.05) is 22.6 Å². The number of sulfone groups is 1. The molecule has 1 aliphatic rings. The Morgan fingerprint density at radius 2 is 2.15 bits per heavy atom. The molecule has 0 bridgehead atoms. The van der Waals surface area contributed by atoms with Crippen LogP contribution in [0.15, 0.2) is 27.8 Å². The lowest BCUT2D eigenvalue weighted by molar-refractivity contribution is -0.113. The quantitative estimate of drug-likeness (QED) is 0.749. The third kappa shape index (κ3) is 4.85. The van der Waals surface area contributed by atoms with Crippen LogP contribution in [0.4, 0.5) is 5.69 Å². The van der Waals surface area contributed by atoms with Crippen LogP contribution in [0.5, 0.6) is 0 Å². The van der Waals surface area contributed by atoms with Gasteiger partial charge in [-0.15, -0.1) is 10.2 Å². The fraction of sp³-hybridized carbons (Fsp3) is 0.471. The maximum Gasteiger partial charge on any atom is 0.277 e. The molecule has 1 N–H and O–H groups in total. The standard InChI is InChI=1S/C17H21N3O4S2/c1-11-4-3-5-14(12(11)2)18-15(21)9-25-17-20-19-16(24-17)8-13-6-7-26(22,23)10-13/h3-5,13H,6-10H2,1-2H3,(H,18,21)/t13-/m1/s1. The minimum atomic E-state index is -2.91. The minimum absolute atomic E-state index is 0.0332. The highest BCUT2D eigenvalue weighted by molar-refractivity contribution is 7.99. The summed E-state index contributed by atoms with van der Waals surface area (Å²) in [5, 5.41) is 11.1. The van der Waals surface area contributed by atoms with E-state index in [1.165, 1.54) is 11.8 Å². The molecule has 26 heavy (non-hydrogen) atoms. The van der Waals surface area contributed by atoms with Crippen molar-refractivity contribution in [2.45, 2.75) is 31.9 Å². The van der Waals surface area contributed by atoms with Crippen molar-refractivity contribution in [1.82, 2.24) is 10.2 Å². The van der Waals surface area contributed by atoms with E-state index in [0.717, 1.165) is 16.8 Å². The van der Waals surface area contributed by atoms with Crippen LogP contribution >= 0.6 is 11.8 Å². The number of hydrogen-bond donors (Lipinski definition) is 1. The summed E-state index contributed by atoms with van der Waals surface area (Å²) < 4.78 is 28.5. The van der Waals surface area contributed by atoms with Gasteiger partial charge in [-0.2, -0.15) is 0 Å². The van der Waals surface area contributed by atoms with Gasteiger partial charge in [-0.3, -0.25) is 4.79 Å². The highest BCUT2D eigenvalue weighted by atomic mass is 32.2. The number of carbonyl (C=O) groups is 1. The number of carbonyl (C=O) groups excluding carboxylic acids is 1. The van der Waals surface area contributed by atoms with E-state index in [1.54, 1.807) is 0 Å². The minimum Gasteiger partial charge on any atom is -0.416 e. The number of thioether (sulfide) groups is 1. The number of rotatable bonds is 6. The Morgan fingerprint density at radius 3 is 2.88 bits per heavy atom. The summed E-state index contributed by atoms with van der Waals surface area (Å²) >= 11 is 1.17. The first kappa shape index (κ1) is 18.9. The van der Waals surface area contributed by atoms with E-state index in [-0.39, 0.29) is 29.1 Å². The number of aromatic nitrogens is 2. The Kier molecular flexibility index (Phi) is 5.67. The van der Waals surface area contributed by atoms with Crippen LogP contribution in [0.2, 0.25) is 0 Å². The molecule has 1 amide bonds. The second-order valence-corrected chi connectivity index (χ2v) is 9.67.